The first-order valence-electron chi connectivity index (χ1n) is 7.14. The third-order valence-electron chi connectivity index (χ3n) is 4.05. The number of fused-ring (bicyclic) bond motifs is 1. The van der Waals surface area contributed by atoms with Gasteiger partial charge in [-0.1, -0.05) is 12.1 Å². The van der Waals surface area contributed by atoms with Gasteiger partial charge in [-0.05, 0) is 26.0 Å². The number of nitrogens with two attached hydrogens (primary N) is 1. The van der Waals surface area contributed by atoms with Crippen LogP contribution in [-0.2, 0) is 6.54 Å². The molecule has 0 unspecified atom stereocenters. The zero-order valence-corrected chi connectivity index (χ0v) is 12.6. The summed E-state index contributed by atoms with van der Waals surface area (Å²) in [4.78, 5) is 27.0. The highest BCUT2D eigenvalue weighted by atomic mass is 16.2. The Hall–Kier alpha value is -2.76. The van der Waals surface area contributed by atoms with Gasteiger partial charge in [-0.15, -0.1) is 0 Å². The second kappa shape index (κ2) is 5.22. The molecule has 0 bridgehead atoms. The molecule has 22 heavy (non-hydrogen) atoms. The minimum Gasteiger partial charge on any atom is -0.397 e. The van der Waals surface area contributed by atoms with Crippen molar-refractivity contribution in [3.05, 3.63) is 52.3 Å². The van der Waals surface area contributed by atoms with Crippen LogP contribution >= 0.6 is 0 Å². The molecule has 1 aromatic carbocycles. The zero-order chi connectivity index (χ0) is 15.9. The van der Waals surface area contributed by atoms with Gasteiger partial charge in [-0.25, -0.2) is 4.79 Å². The molecule has 0 aliphatic heterocycles. The van der Waals surface area contributed by atoms with Crippen LogP contribution in [0.1, 0.15) is 22.6 Å². The molecule has 114 valence electrons. The van der Waals surface area contributed by atoms with E-state index in [9.17, 15) is 9.59 Å². The first-order valence-corrected chi connectivity index (χ1v) is 7.14. The largest absolute Gasteiger partial charge is 0.397 e. The van der Waals surface area contributed by atoms with Crippen molar-refractivity contribution in [3.8, 4) is 0 Å². The third-order valence-corrected chi connectivity index (χ3v) is 4.05. The Morgan fingerprint density at radius 2 is 2.05 bits per heavy atom. The van der Waals surface area contributed by atoms with E-state index < -0.39 is 0 Å². The monoisotopic (exact) mass is 298 g/mol. The maximum atomic E-state index is 12.5. The Morgan fingerprint density at radius 1 is 1.27 bits per heavy atom. The molecule has 0 fully saturated rings. The average molecular weight is 298 g/mol. The number of para-hydroxylation sites is 1. The molecule has 2 aromatic heterocycles. The number of hydrogen-bond acceptors (Lipinski definition) is 3. The van der Waals surface area contributed by atoms with Gasteiger partial charge in [0.05, 0.1) is 11.2 Å². The number of aryl methyl sites for hydroxylation is 1. The van der Waals surface area contributed by atoms with Gasteiger partial charge >= 0.3 is 5.69 Å². The molecule has 3 aromatic rings. The molecule has 2 heterocycles. The number of nitrogens with zero attached hydrogens (tertiary/aromatic N) is 2. The molecule has 3 rings (SSSR count). The number of imidazole rings is 1. The highest BCUT2D eigenvalue weighted by Crippen LogP contribution is 2.22. The molecule has 0 aliphatic rings. The van der Waals surface area contributed by atoms with Crippen molar-refractivity contribution in [3.63, 3.8) is 0 Å². The van der Waals surface area contributed by atoms with Crippen molar-refractivity contribution in [2.24, 2.45) is 0 Å². The summed E-state index contributed by atoms with van der Waals surface area (Å²) < 4.78 is 3.15. The van der Waals surface area contributed by atoms with Crippen LogP contribution in [0.3, 0.4) is 0 Å². The number of anilines is 1. The van der Waals surface area contributed by atoms with Crippen molar-refractivity contribution in [2.75, 3.05) is 5.73 Å². The zero-order valence-electron chi connectivity index (χ0n) is 12.6. The van der Waals surface area contributed by atoms with E-state index in [1.54, 1.807) is 21.4 Å². The quantitative estimate of drug-likeness (QED) is 0.726. The van der Waals surface area contributed by atoms with Crippen molar-refractivity contribution in [2.45, 2.75) is 26.8 Å². The summed E-state index contributed by atoms with van der Waals surface area (Å²) in [7, 11) is 0. The smallest absolute Gasteiger partial charge is 0.325 e. The predicted octanol–water partition coefficient (Wildman–Crippen LogP) is 2.06. The second-order valence-electron chi connectivity index (χ2n) is 5.41. The van der Waals surface area contributed by atoms with Gasteiger partial charge in [0, 0.05) is 35.9 Å². The maximum absolute atomic E-state index is 12.5. The average Bonchev–Trinajstić information content (AvgIpc) is 3.01. The summed E-state index contributed by atoms with van der Waals surface area (Å²) in [6, 6.07) is 7.41. The highest BCUT2D eigenvalue weighted by molar-refractivity contribution is 5.98. The van der Waals surface area contributed by atoms with Crippen LogP contribution in [0, 0.1) is 13.8 Å². The number of H-pyrrole nitrogens is 1. The number of aromatic amines is 1. The normalized spacial score (nSPS) is 11.2. The molecule has 0 spiro atoms. The highest BCUT2D eigenvalue weighted by Gasteiger charge is 2.13. The predicted molar refractivity (Wildman–Crippen MR) is 86.1 cm³/mol. The lowest BCUT2D eigenvalue weighted by Gasteiger charge is -2.07. The topological polar surface area (TPSA) is 85.8 Å². The number of carbonyl (C=O) groups excluding carboxylic acids is 1. The van der Waals surface area contributed by atoms with Crippen LogP contribution in [0.5, 0.6) is 0 Å². The van der Waals surface area contributed by atoms with Gasteiger partial charge in [0.2, 0.25) is 5.91 Å². The summed E-state index contributed by atoms with van der Waals surface area (Å²) in [5.41, 5.74) is 8.76. The van der Waals surface area contributed by atoms with E-state index in [2.05, 4.69) is 4.98 Å². The van der Waals surface area contributed by atoms with E-state index in [4.69, 9.17) is 5.73 Å². The van der Waals surface area contributed by atoms with E-state index in [0.717, 1.165) is 22.3 Å². The van der Waals surface area contributed by atoms with Crippen molar-refractivity contribution in [1.29, 1.82) is 0 Å². The Bertz CT molecular complexity index is 914. The van der Waals surface area contributed by atoms with Crippen LogP contribution in [0.4, 0.5) is 5.69 Å². The maximum Gasteiger partial charge on any atom is 0.325 e. The molecular weight excluding hydrogens is 280 g/mol. The van der Waals surface area contributed by atoms with Gasteiger partial charge in [0.15, 0.2) is 0 Å². The Labute approximate surface area is 127 Å². The number of rotatable bonds is 3. The van der Waals surface area contributed by atoms with Gasteiger partial charge in [-0.2, -0.15) is 0 Å². The van der Waals surface area contributed by atoms with E-state index >= 15 is 0 Å². The second-order valence-corrected chi connectivity index (χ2v) is 5.41. The Balaban J connectivity index is 1.87. The van der Waals surface area contributed by atoms with Crippen LogP contribution in [0.25, 0.3) is 10.9 Å². The third kappa shape index (κ3) is 2.22. The lowest BCUT2D eigenvalue weighted by atomic mass is 10.2. The Kier molecular flexibility index (Phi) is 3.36. The van der Waals surface area contributed by atoms with Crippen LogP contribution in [0.2, 0.25) is 0 Å². The number of carbonyl (C=O) groups is 1. The number of benzene rings is 1. The molecule has 0 saturated heterocycles. The fourth-order valence-electron chi connectivity index (χ4n) is 2.70. The molecule has 0 aliphatic carbocycles. The summed E-state index contributed by atoms with van der Waals surface area (Å²) in [6.07, 6.45) is 1.96. The fourth-order valence-corrected chi connectivity index (χ4v) is 2.70. The van der Waals surface area contributed by atoms with Gasteiger partial charge in [-0.3, -0.25) is 13.9 Å². The van der Waals surface area contributed by atoms with Crippen molar-refractivity contribution < 1.29 is 4.79 Å². The van der Waals surface area contributed by atoms with Crippen molar-refractivity contribution >= 4 is 22.5 Å². The standard InChI is InChI=1S/C16H18N4O2/c1-10-11(2)19(16(22)18-10)9-7-14(21)20-8-6-12-4-3-5-13(17)15(12)20/h3-6,8H,7,9,17H2,1-2H3,(H,18,22). The lowest BCUT2D eigenvalue weighted by molar-refractivity contribution is 0.0901. The summed E-state index contributed by atoms with van der Waals surface area (Å²) in [6.45, 7) is 4.05. The molecule has 6 nitrogen and oxygen atoms in total. The molecule has 0 saturated carbocycles. The van der Waals surface area contributed by atoms with Crippen LogP contribution in [0.15, 0.2) is 35.3 Å². The molecule has 3 N–H and O–H groups in total. The number of nitrogen functional groups attached to an aromatic ring is 1. The first-order chi connectivity index (χ1) is 10.5. The Morgan fingerprint density at radius 3 is 2.73 bits per heavy atom. The summed E-state index contributed by atoms with van der Waals surface area (Å²) in [5.74, 6) is -0.0851. The summed E-state index contributed by atoms with van der Waals surface area (Å²) >= 11 is 0. The summed E-state index contributed by atoms with van der Waals surface area (Å²) in [5, 5.41) is 0.930. The van der Waals surface area contributed by atoms with Crippen LogP contribution < -0.4 is 11.4 Å². The number of aromatic nitrogens is 3. The SMILES string of the molecule is Cc1[nH]c(=O)n(CCC(=O)n2ccc3cccc(N)c32)c1C. The molecular formula is C16H18N4O2. The van der Waals surface area contributed by atoms with E-state index in [-0.39, 0.29) is 18.0 Å². The minimum atomic E-state index is -0.181. The first kappa shape index (κ1) is 14.2. The van der Waals surface area contributed by atoms with Gasteiger partial charge in [0.1, 0.15) is 0 Å². The molecule has 0 atom stereocenters. The van der Waals surface area contributed by atoms with E-state index in [1.165, 1.54) is 0 Å². The lowest BCUT2D eigenvalue weighted by Crippen LogP contribution is -2.21. The van der Waals surface area contributed by atoms with Crippen LogP contribution in [-0.4, -0.2) is 20.0 Å². The van der Waals surface area contributed by atoms with Gasteiger partial charge < -0.3 is 10.7 Å². The minimum absolute atomic E-state index is 0.0851. The van der Waals surface area contributed by atoms with Gasteiger partial charge in [0.25, 0.3) is 0 Å². The van der Waals surface area contributed by atoms with E-state index in [1.807, 2.05) is 32.0 Å². The fraction of sp³-hybridized carbons (Fsp3) is 0.250. The number of hydrogen-bond donors (Lipinski definition) is 2. The molecule has 0 radical (unpaired) electrons. The molecule has 6 heteroatoms. The van der Waals surface area contributed by atoms with Crippen molar-refractivity contribution in [1.82, 2.24) is 14.1 Å². The number of nitrogens with one attached hydrogen (secondary N) is 1. The molecule has 0 amide bonds. The van der Waals surface area contributed by atoms with E-state index in [0.29, 0.717) is 12.2 Å².